The van der Waals surface area contributed by atoms with Crippen LogP contribution in [0.25, 0.3) is 0 Å². The number of hydrogen-bond acceptors (Lipinski definition) is 6. The van der Waals surface area contributed by atoms with E-state index in [0.717, 1.165) is 51.4 Å². The molecule has 0 atom stereocenters. The van der Waals surface area contributed by atoms with E-state index in [1.54, 1.807) is 0 Å². The second kappa shape index (κ2) is 23.6. The summed E-state index contributed by atoms with van der Waals surface area (Å²) in [6.07, 6.45) is 15.1. The third-order valence-corrected chi connectivity index (χ3v) is 5.68. The van der Waals surface area contributed by atoms with Crippen molar-refractivity contribution >= 4 is 17.9 Å². The van der Waals surface area contributed by atoms with Gasteiger partial charge in [-0.2, -0.15) is 0 Å². The van der Waals surface area contributed by atoms with Crippen molar-refractivity contribution in [3.63, 3.8) is 0 Å². The first-order valence-corrected chi connectivity index (χ1v) is 13.5. The summed E-state index contributed by atoms with van der Waals surface area (Å²) in [7, 11) is 0. The summed E-state index contributed by atoms with van der Waals surface area (Å²) < 4.78 is 16.1. The summed E-state index contributed by atoms with van der Waals surface area (Å²) in [5, 5.41) is 0. The van der Waals surface area contributed by atoms with Crippen LogP contribution in [-0.2, 0) is 28.6 Å². The predicted octanol–water partition coefficient (Wildman–Crippen LogP) is 6.92. The van der Waals surface area contributed by atoms with Crippen LogP contribution in [0.5, 0.6) is 0 Å². The Balaban J connectivity index is 4.31. The molecule has 33 heavy (non-hydrogen) atoms. The van der Waals surface area contributed by atoms with Gasteiger partial charge in [0.05, 0.1) is 19.8 Å². The molecule has 0 unspecified atom stereocenters. The lowest BCUT2D eigenvalue weighted by atomic mass is 10.0. The van der Waals surface area contributed by atoms with Gasteiger partial charge in [0.2, 0.25) is 0 Å². The second-order valence-corrected chi connectivity index (χ2v) is 9.03. The molecule has 0 saturated heterocycles. The molecule has 0 aliphatic carbocycles. The SMILES string of the molecule is CCCCCCCC(=O)OCC(CCCC(=O)OCCCC)COC(=O)CCCCCCC. The van der Waals surface area contributed by atoms with Gasteiger partial charge in [0.1, 0.15) is 0 Å². The van der Waals surface area contributed by atoms with Crippen LogP contribution in [-0.4, -0.2) is 37.7 Å². The molecule has 0 amide bonds. The normalized spacial score (nSPS) is 10.9. The molecule has 0 aliphatic rings. The molecule has 0 heterocycles. The minimum atomic E-state index is -0.199. The van der Waals surface area contributed by atoms with E-state index in [4.69, 9.17) is 14.2 Å². The van der Waals surface area contributed by atoms with Gasteiger partial charge in [-0.15, -0.1) is 0 Å². The maximum absolute atomic E-state index is 12.1. The molecule has 0 saturated carbocycles. The summed E-state index contributed by atoms with van der Waals surface area (Å²) >= 11 is 0. The van der Waals surface area contributed by atoms with Crippen LogP contribution in [0.15, 0.2) is 0 Å². The summed E-state index contributed by atoms with van der Waals surface area (Å²) in [4.78, 5) is 36.0. The fourth-order valence-corrected chi connectivity index (χ4v) is 3.46. The first kappa shape index (κ1) is 31.4. The molecule has 6 heteroatoms. The van der Waals surface area contributed by atoms with Crippen molar-refractivity contribution in [3.8, 4) is 0 Å². The van der Waals surface area contributed by atoms with E-state index in [1.807, 2.05) is 0 Å². The van der Waals surface area contributed by atoms with Crippen LogP contribution in [0.3, 0.4) is 0 Å². The molecule has 0 aromatic heterocycles. The van der Waals surface area contributed by atoms with E-state index >= 15 is 0 Å². The zero-order chi connectivity index (χ0) is 24.6. The Bertz CT molecular complexity index is 461. The van der Waals surface area contributed by atoms with Gasteiger partial charge in [-0.3, -0.25) is 14.4 Å². The number of carbonyl (C=O) groups is 3. The fourth-order valence-electron chi connectivity index (χ4n) is 3.46. The van der Waals surface area contributed by atoms with Gasteiger partial charge in [-0.25, -0.2) is 0 Å². The molecule has 0 radical (unpaired) electrons. The highest BCUT2D eigenvalue weighted by atomic mass is 16.5. The minimum Gasteiger partial charge on any atom is -0.466 e. The molecule has 0 aliphatic heterocycles. The quantitative estimate of drug-likeness (QED) is 0.0915. The van der Waals surface area contributed by atoms with Crippen molar-refractivity contribution in [3.05, 3.63) is 0 Å². The van der Waals surface area contributed by atoms with Gasteiger partial charge < -0.3 is 14.2 Å². The standard InChI is InChI=1S/C27H50O6/c1-4-7-10-12-14-18-26(29)32-22-24(17-16-20-25(28)31-21-9-6-3)23-33-27(30)19-15-13-11-8-5-2/h24H,4-23H2,1-3H3. The highest BCUT2D eigenvalue weighted by Gasteiger charge is 2.16. The molecule has 6 nitrogen and oxygen atoms in total. The lowest BCUT2D eigenvalue weighted by molar-refractivity contribution is -0.150. The van der Waals surface area contributed by atoms with E-state index in [2.05, 4.69) is 20.8 Å². The molecular formula is C27H50O6. The number of ether oxygens (including phenoxy) is 3. The largest absolute Gasteiger partial charge is 0.466 e. The zero-order valence-corrected chi connectivity index (χ0v) is 21.7. The van der Waals surface area contributed by atoms with E-state index in [0.29, 0.717) is 38.7 Å². The average Bonchev–Trinajstić information content (AvgIpc) is 2.80. The van der Waals surface area contributed by atoms with E-state index in [9.17, 15) is 14.4 Å². The van der Waals surface area contributed by atoms with Crippen LogP contribution in [0.2, 0.25) is 0 Å². The van der Waals surface area contributed by atoms with E-state index in [1.165, 1.54) is 25.7 Å². The first-order chi connectivity index (χ1) is 16.0. The van der Waals surface area contributed by atoms with Gasteiger partial charge in [0.15, 0.2) is 0 Å². The molecule has 0 aromatic carbocycles. The average molecular weight is 471 g/mol. The maximum atomic E-state index is 12.1. The molecule has 0 bridgehead atoms. The number of rotatable bonds is 23. The smallest absolute Gasteiger partial charge is 0.305 e. The van der Waals surface area contributed by atoms with Crippen molar-refractivity contribution < 1.29 is 28.6 Å². The van der Waals surface area contributed by atoms with Gasteiger partial charge >= 0.3 is 17.9 Å². The summed E-state index contributed by atoms with van der Waals surface area (Å²) in [5.41, 5.74) is 0. The monoisotopic (exact) mass is 470 g/mol. The van der Waals surface area contributed by atoms with Crippen molar-refractivity contribution in [1.29, 1.82) is 0 Å². The third-order valence-electron chi connectivity index (χ3n) is 5.68. The minimum absolute atomic E-state index is 0.0958. The molecular weight excluding hydrogens is 420 g/mol. The Hall–Kier alpha value is -1.59. The fraction of sp³-hybridized carbons (Fsp3) is 0.889. The Kier molecular flexibility index (Phi) is 22.4. The zero-order valence-electron chi connectivity index (χ0n) is 21.7. The van der Waals surface area contributed by atoms with Gasteiger partial charge in [0.25, 0.3) is 0 Å². The number of carbonyl (C=O) groups excluding carboxylic acids is 3. The third kappa shape index (κ3) is 22.0. The summed E-state index contributed by atoms with van der Waals surface area (Å²) in [5.74, 6) is -0.688. The lowest BCUT2D eigenvalue weighted by Gasteiger charge is -2.17. The van der Waals surface area contributed by atoms with Crippen LogP contribution in [0, 0.1) is 5.92 Å². The Morgan fingerprint density at radius 1 is 0.515 bits per heavy atom. The Morgan fingerprint density at radius 3 is 1.42 bits per heavy atom. The van der Waals surface area contributed by atoms with Crippen LogP contribution >= 0.6 is 0 Å². The molecule has 0 N–H and O–H groups in total. The highest BCUT2D eigenvalue weighted by Crippen LogP contribution is 2.14. The number of esters is 3. The molecule has 0 fully saturated rings. The maximum Gasteiger partial charge on any atom is 0.305 e. The number of hydrogen-bond donors (Lipinski definition) is 0. The second-order valence-electron chi connectivity index (χ2n) is 9.03. The first-order valence-electron chi connectivity index (χ1n) is 13.5. The molecule has 0 spiro atoms. The molecule has 0 rings (SSSR count). The van der Waals surface area contributed by atoms with Crippen molar-refractivity contribution in [2.75, 3.05) is 19.8 Å². The van der Waals surface area contributed by atoms with Crippen LogP contribution < -0.4 is 0 Å². The van der Waals surface area contributed by atoms with Crippen molar-refractivity contribution in [1.82, 2.24) is 0 Å². The topological polar surface area (TPSA) is 78.9 Å². The lowest BCUT2D eigenvalue weighted by Crippen LogP contribution is -2.21. The molecule has 194 valence electrons. The highest BCUT2D eigenvalue weighted by molar-refractivity contribution is 5.70. The Morgan fingerprint density at radius 2 is 0.939 bits per heavy atom. The van der Waals surface area contributed by atoms with E-state index in [-0.39, 0.29) is 37.0 Å². The number of unbranched alkanes of at least 4 members (excludes halogenated alkanes) is 9. The summed E-state index contributed by atoms with van der Waals surface area (Å²) in [6, 6.07) is 0. The van der Waals surface area contributed by atoms with Crippen LogP contribution in [0.4, 0.5) is 0 Å². The van der Waals surface area contributed by atoms with Crippen molar-refractivity contribution in [2.45, 2.75) is 130 Å². The van der Waals surface area contributed by atoms with Crippen LogP contribution in [0.1, 0.15) is 130 Å². The summed E-state index contributed by atoms with van der Waals surface area (Å²) in [6.45, 7) is 7.30. The molecule has 0 aromatic rings. The van der Waals surface area contributed by atoms with Gasteiger partial charge in [-0.1, -0.05) is 78.6 Å². The van der Waals surface area contributed by atoms with Gasteiger partial charge in [0, 0.05) is 25.2 Å². The van der Waals surface area contributed by atoms with Gasteiger partial charge in [-0.05, 0) is 32.1 Å². The van der Waals surface area contributed by atoms with E-state index < -0.39 is 0 Å². The van der Waals surface area contributed by atoms with Crippen molar-refractivity contribution in [2.24, 2.45) is 5.92 Å². The predicted molar refractivity (Wildman–Crippen MR) is 132 cm³/mol. The Labute approximate surface area is 202 Å².